The van der Waals surface area contributed by atoms with E-state index in [4.69, 9.17) is 23.2 Å². The van der Waals surface area contributed by atoms with Gasteiger partial charge in [-0.1, -0.05) is 29.3 Å². The molecule has 2 amide bonds. The van der Waals surface area contributed by atoms with Crippen molar-refractivity contribution < 1.29 is 22.4 Å². The Hall–Kier alpha value is -3.18. The molecular weight excluding hydrogens is 638 g/mol. The highest BCUT2D eigenvalue weighted by Gasteiger charge is 2.35. The lowest BCUT2D eigenvalue weighted by Gasteiger charge is -2.34. The Bertz CT molecular complexity index is 1800. The third-order valence-electron chi connectivity index (χ3n) is 9.06. The number of aromatic amines is 1. The summed E-state index contributed by atoms with van der Waals surface area (Å²) in [4.78, 5) is 34.3. The smallest absolute Gasteiger partial charge is 0.256 e. The molecule has 0 spiro atoms. The van der Waals surface area contributed by atoms with E-state index in [2.05, 4.69) is 15.2 Å². The molecule has 238 valence electrons. The van der Waals surface area contributed by atoms with Crippen molar-refractivity contribution in [2.45, 2.75) is 62.4 Å². The Kier molecular flexibility index (Phi) is 8.86. The molecule has 0 bridgehead atoms. The van der Waals surface area contributed by atoms with Crippen molar-refractivity contribution in [2.75, 3.05) is 31.5 Å². The highest BCUT2D eigenvalue weighted by molar-refractivity contribution is 7.90. The van der Waals surface area contributed by atoms with Crippen molar-refractivity contribution in [1.82, 2.24) is 14.8 Å². The van der Waals surface area contributed by atoms with Crippen LogP contribution in [0.25, 0.3) is 11.6 Å². The fourth-order valence-corrected chi connectivity index (χ4v) is 8.85. The summed E-state index contributed by atoms with van der Waals surface area (Å²) in [5, 5.41) is 3.32. The van der Waals surface area contributed by atoms with Crippen LogP contribution in [0.1, 0.15) is 64.1 Å². The number of nitrogens with zero attached hydrogens (tertiary/aromatic N) is 2. The first-order valence-electron chi connectivity index (χ1n) is 15.1. The number of benzene rings is 2. The number of anilines is 1. The zero-order valence-electron chi connectivity index (χ0n) is 25.1. The predicted octanol–water partition coefficient (Wildman–Crippen LogP) is 6.44. The van der Waals surface area contributed by atoms with Gasteiger partial charge in [-0.2, -0.15) is 0 Å². The minimum Gasteiger partial charge on any atom is -0.358 e. The Labute approximate surface area is 272 Å². The Balaban J connectivity index is 1.27. The molecule has 12 heteroatoms. The molecule has 3 aliphatic heterocycles. The zero-order chi connectivity index (χ0) is 32.0. The summed E-state index contributed by atoms with van der Waals surface area (Å²) < 4.78 is 40.8. The number of fused-ring (bicyclic) bond motifs is 1. The Morgan fingerprint density at radius 1 is 1.09 bits per heavy atom. The summed E-state index contributed by atoms with van der Waals surface area (Å²) in [6.07, 6.45) is 4.05. The van der Waals surface area contributed by atoms with Crippen molar-refractivity contribution in [3.05, 3.63) is 80.1 Å². The number of piperidine rings is 1. The molecule has 8 nitrogen and oxygen atoms in total. The van der Waals surface area contributed by atoms with E-state index in [1.54, 1.807) is 30.3 Å². The van der Waals surface area contributed by atoms with Crippen molar-refractivity contribution in [3.8, 4) is 0 Å². The van der Waals surface area contributed by atoms with Crippen molar-refractivity contribution in [3.63, 3.8) is 0 Å². The molecule has 0 saturated carbocycles. The fraction of sp³-hybridized carbons (Fsp3) is 0.394. The number of amides is 2. The second-order valence-corrected chi connectivity index (χ2v) is 14.9. The summed E-state index contributed by atoms with van der Waals surface area (Å²) in [5.41, 5.74) is 4.07. The highest BCUT2D eigenvalue weighted by Crippen LogP contribution is 2.37. The molecule has 4 heterocycles. The number of rotatable bonds is 7. The van der Waals surface area contributed by atoms with E-state index < -0.39 is 21.8 Å². The van der Waals surface area contributed by atoms with Crippen molar-refractivity contribution >= 4 is 62.2 Å². The number of hydrogen-bond acceptors (Lipinski definition) is 5. The molecule has 2 aromatic carbocycles. The molecule has 3 aliphatic rings. The number of sulfone groups is 1. The average Bonchev–Trinajstić information content (AvgIpc) is 3.65. The number of alkyl halides is 1. The van der Waals surface area contributed by atoms with Crippen LogP contribution in [0.15, 0.2) is 41.3 Å². The second kappa shape index (κ2) is 12.5. The molecule has 45 heavy (non-hydrogen) atoms. The van der Waals surface area contributed by atoms with Gasteiger partial charge in [0.2, 0.25) is 0 Å². The number of aryl methyl sites for hydroxylation is 1. The first-order chi connectivity index (χ1) is 21.4. The van der Waals surface area contributed by atoms with Crippen LogP contribution in [0.2, 0.25) is 10.0 Å². The van der Waals surface area contributed by atoms with Gasteiger partial charge in [-0.05, 0) is 88.0 Å². The van der Waals surface area contributed by atoms with Crippen LogP contribution < -0.4 is 5.32 Å². The predicted molar refractivity (Wildman–Crippen MR) is 175 cm³/mol. The summed E-state index contributed by atoms with van der Waals surface area (Å²) in [6, 6.07) is 9.34. The maximum absolute atomic E-state index is 14.0. The monoisotopic (exact) mass is 672 g/mol. The van der Waals surface area contributed by atoms with Gasteiger partial charge in [0.15, 0.2) is 9.84 Å². The van der Waals surface area contributed by atoms with Crippen LogP contribution in [0.3, 0.4) is 0 Å². The molecule has 3 aromatic rings. The third-order valence-corrected chi connectivity index (χ3v) is 11.4. The van der Waals surface area contributed by atoms with Gasteiger partial charge in [-0.15, -0.1) is 0 Å². The van der Waals surface area contributed by atoms with E-state index in [1.165, 1.54) is 12.1 Å². The minimum atomic E-state index is -3.86. The average molecular weight is 674 g/mol. The fourth-order valence-electron chi connectivity index (χ4n) is 6.73. The molecule has 0 aliphatic carbocycles. The SMILES string of the molecule is Cc1[nH]c(C=C2C(=O)Nc3ccc(S(=O)(=O)Cc4c(Cl)cccc4Cl)cc32)c(C)c1C(=O)N1CCC[C@H]1CN1CCCC(F)C1. The van der Waals surface area contributed by atoms with Gasteiger partial charge >= 0.3 is 0 Å². The molecule has 2 fully saturated rings. The number of likely N-dealkylation sites (tertiary alicyclic amines) is 2. The summed E-state index contributed by atoms with van der Waals surface area (Å²) in [6.45, 7) is 6.24. The second-order valence-electron chi connectivity index (χ2n) is 12.1. The van der Waals surface area contributed by atoms with Crippen LogP contribution in [0.5, 0.6) is 0 Å². The minimum absolute atomic E-state index is 0.0202. The first-order valence-corrected chi connectivity index (χ1v) is 17.5. The summed E-state index contributed by atoms with van der Waals surface area (Å²) in [7, 11) is -3.86. The van der Waals surface area contributed by atoms with E-state index in [0.29, 0.717) is 65.4 Å². The van der Waals surface area contributed by atoms with Crippen LogP contribution in [-0.4, -0.2) is 73.4 Å². The quantitative estimate of drug-likeness (QED) is 0.281. The number of aromatic nitrogens is 1. The maximum Gasteiger partial charge on any atom is 0.256 e. The van der Waals surface area contributed by atoms with Crippen LogP contribution >= 0.6 is 23.2 Å². The molecule has 2 saturated heterocycles. The third kappa shape index (κ3) is 6.30. The largest absolute Gasteiger partial charge is 0.358 e. The van der Waals surface area contributed by atoms with Crippen LogP contribution in [-0.2, 0) is 20.4 Å². The number of halogens is 3. The van der Waals surface area contributed by atoms with E-state index >= 15 is 0 Å². The van der Waals surface area contributed by atoms with Gasteiger partial charge in [-0.3, -0.25) is 14.5 Å². The van der Waals surface area contributed by atoms with Crippen molar-refractivity contribution in [1.29, 1.82) is 0 Å². The van der Waals surface area contributed by atoms with Crippen molar-refractivity contribution in [2.24, 2.45) is 0 Å². The van der Waals surface area contributed by atoms with E-state index in [9.17, 15) is 22.4 Å². The normalized spacial score (nSPS) is 21.4. The zero-order valence-corrected chi connectivity index (χ0v) is 27.5. The highest BCUT2D eigenvalue weighted by atomic mass is 35.5. The number of carbonyl (C=O) groups is 2. The van der Waals surface area contributed by atoms with E-state index in [-0.39, 0.29) is 38.4 Å². The Morgan fingerprint density at radius 3 is 2.56 bits per heavy atom. The molecule has 0 radical (unpaired) electrons. The van der Waals surface area contributed by atoms with Crippen LogP contribution in [0, 0.1) is 13.8 Å². The van der Waals surface area contributed by atoms with Gasteiger partial charge in [0.05, 0.1) is 21.8 Å². The lowest BCUT2D eigenvalue weighted by molar-refractivity contribution is -0.110. The van der Waals surface area contributed by atoms with Crippen LogP contribution in [0.4, 0.5) is 10.1 Å². The van der Waals surface area contributed by atoms with Gasteiger partial charge < -0.3 is 15.2 Å². The molecule has 1 unspecified atom stereocenters. The molecule has 6 rings (SSSR count). The van der Waals surface area contributed by atoms with E-state index in [0.717, 1.165) is 25.8 Å². The maximum atomic E-state index is 14.0. The van der Waals surface area contributed by atoms with E-state index in [1.807, 2.05) is 18.7 Å². The molecule has 1 aromatic heterocycles. The van der Waals surface area contributed by atoms with Gasteiger partial charge in [0.1, 0.15) is 6.17 Å². The van der Waals surface area contributed by atoms with Gasteiger partial charge in [-0.25, -0.2) is 12.8 Å². The number of carbonyl (C=O) groups excluding carboxylic acids is 2. The van der Waals surface area contributed by atoms with Gasteiger partial charge in [0.25, 0.3) is 11.8 Å². The standard InChI is InChI=1S/C33H35Cl2FN4O4S/c1-19-30(37-20(2)31(19)33(42)40-13-5-7-22(40)17-39-12-4-6-21(36)16-39)15-25-24-14-23(10-11-29(24)38-32(25)41)45(43,44)18-26-27(34)8-3-9-28(26)35/h3,8-11,14-15,21-22,37H,4-7,12-13,16-18H2,1-2H3,(H,38,41)/t21?,22-/m0/s1. The molecular formula is C33H35Cl2FN4O4S. The number of H-pyrrole nitrogens is 1. The summed E-state index contributed by atoms with van der Waals surface area (Å²) in [5.74, 6) is -0.847. The lowest BCUT2D eigenvalue weighted by atomic mass is 10.0. The number of nitrogens with one attached hydrogen (secondary N) is 2. The lowest BCUT2D eigenvalue weighted by Crippen LogP contribution is -2.46. The summed E-state index contributed by atoms with van der Waals surface area (Å²) >= 11 is 12.5. The molecule has 2 atom stereocenters. The Morgan fingerprint density at radius 2 is 1.82 bits per heavy atom. The van der Waals surface area contributed by atoms with Gasteiger partial charge in [0, 0.05) is 63.9 Å². The number of hydrogen-bond donors (Lipinski definition) is 2. The first kappa shape index (κ1) is 31.8. The molecule has 2 N–H and O–H groups in total. The topological polar surface area (TPSA) is 103 Å².